The summed E-state index contributed by atoms with van der Waals surface area (Å²) in [6, 6.07) is 14.0. The molecule has 0 aromatic heterocycles. The Morgan fingerprint density at radius 1 is 1.12 bits per heavy atom. The molecule has 0 radical (unpaired) electrons. The molecule has 2 rings (SSSR count). The average molecular weight is 359 g/mol. The molecule has 1 nitrogen and oxygen atoms in total. The van der Waals surface area contributed by atoms with Crippen molar-refractivity contribution in [1.82, 2.24) is 0 Å². The molecule has 3 heteroatoms. The third-order valence-electron chi connectivity index (χ3n) is 2.44. The van der Waals surface area contributed by atoms with Crippen LogP contribution in [0.2, 0.25) is 5.02 Å². The fourth-order valence-electron chi connectivity index (χ4n) is 1.52. The number of benzene rings is 2. The summed E-state index contributed by atoms with van der Waals surface area (Å²) in [5.41, 5.74) is 2.22. The van der Waals surface area contributed by atoms with Crippen molar-refractivity contribution < 1.29 is 4.74 Å². The number of aryl methyl sites for hydroxylation is 1. The summed E-state index contributed by atoms with van der Waals surface area (Å²) in [5, 5.41) is 0.740. The second-order valence-corrected chi connectivity index (χ2v) is 5.51. The lowest BCUT2D eigenvalue weighted by Crippen LogP contribution is -1.96. The molecule has 0 heterocycles. The maximum Gasteiger partial charge on any atom is 0.122 e. The van der Waals surface area contributed by atoms with E-state index in [0.29, 0.717) is 6.61 Å². The Kier molecular flexibility index (Phi) is 4.29. The molecule has 0 unspecified atom stereocenters. The van der Waals surface area contributed by atoms with Gasteiger partial charge < -0.3 is 4.74 Å². The summed E-state index contributed by atoms with van der Waals surface area (Å²) in [5.74, 6) is 0.882. The lowest BCUT2D eigenvalue weighted by Gasteiger charge is -2.09. The van der Waals surface area contributed by atoms with E-state index in [4.69, 9.17) is 16.3 Å². The minimum Gasteiger partial charge on any atom is -0.489 e. The lowest BCUT2D eigenvalue weighted by molar-refractivity contribution is 0.304. The predicted octanol–water partition coefficient (Wildman–Crippen LogP) is 4.83. The molecular formula is C14H12ClIO. The summed E-state index contributed by atoms with van der Waals surface area (Å²) in [6.45, 7) is 2.58. The van der Waals surface area contributed by atoms with Gasteiger partial charge in [0.05, 0.1) is 0 Å². The van der Waals surface area contributed by atoms with Gasteiger partial charge in [0.15, 0.2) is 0 Å². The summed E-state index contributed by atoms with van der Waals surface area (Å²) in [6.07, 6.45) is 0. The van der Waals surface area contributed by atoms with Crippen LogP contribution in [0.15, 0.2) is 42.5 Å². The molecule has 0 aliphatic rings. The summed E-state index contributed by atoms with van der Waals surface area (Å²) < 4.78 is 6.99. The molecule has 0 saturated carbocycles. The predicted molar refractivity (Wildman–Crippen MR) is 79.7 cm³/mol. The second-order valence-electron chi connectivity index (χ2n) is 3.82. The topological polar surface area (TPSA) is 9.23 Å². The normalized spacial score (nSPS) is 10.3. The van der Waals surface area contributed by atoms with Crippen LogP contribution in [-0.2, 0) is 6.61 Å². The van der Waals surface area contributed by atoms with Gasteiger partial charge in [-0.2, -0.15) is 0 Å². The van der Waals surface area contributed by atoms with Crippen LogP contribution < -0.4 is 4.74 Å². The van der Waals surface area contributed by atoms with Gasteiger partial charge in [0.1, 0.15) is 12.4 Å². The maximum atomic E-state index is 5.90. The van der Waals surface area contributed by atoms with Crippen LogP contribution in [-0.4, -0.2) is 0 Å². The molecule has 0 saturated heterocycles. The van der Waals surface area contributed by atoms with Crippen LogP contribution in [0, 0.1) is 10.5 Å². The van der Waals surface area contributed by atoms with E-state index in [-0.39, 0.29) is 0 Å². The lowest BCUT2D eigenvalue weighted by atomic mass is 10.2. The zero-order chi connectivity index (χ0) is 12.3. The Balaban J connectivity index is 2.04. The van der Waals surface area contributed by atoms with Crippen molar-refractivity contribution in [2.45, 2.75) is 13.5 Å². The van der Waals surface area contributed by atoms with E-state index in [2.05, 4.69) is 46.9 Å². The fourth-order valence-corrected chi connectivity index (χ4v) is 2.10. The Morgan fingerprint density at radius 2 is 1.82 bits per heavy atom. The number of hydrogen-bond donors (Lipinski definition) is 0. The Bertz CT molecular complexity index is 508. The number of ether oxygens (including phenoxy) is 1. The largest absolute Gasteiger partial charge is 0.489 e. The van der Waals surface area contributed by atoms with E-state index in [0.717, 1.165) is 16.3 Å². The number of rotatable bonds is 3. The first-order chi connectivity index (χ1) is 8.15. The molecule has 88 valence electrons. The van der Waals surface area contributed by atoms with Crippen molar-refractivity contribution in [2.75, 3.05) is 0 Å². The average Bonchev–Trinajstić information content (AvgIpc) is 2.30. The highest BCUT2D eigenvalue weighted by molar-refractivity contribution is 14.1. The smallest absolute Gasteiger partial charge is 0.122 e. The van der Waals surface area contributed by atoms with Crippen molar-refractivity contribution >= 4 is 34.2 Å². The Hall–Kier alpha value is -0.740. The van der Waals surface area contributed by atoms with Crippen molar-refractivity contribution in [3.63, 3.8) is 0 Å². The maximum absolute atomic E-state index is 5.90. The van der Waals surface area contributed by atoms with E-state index in [9.17, 15) is 0 Å². The molecule has 0 spiro atoms. The van der Waals surface area contributed by atoms with Gasteiger partial charge in [0.2, 0.25) is 0 Å². The first-order valence-electron chi connectivity index (χ1n) is 5.28. The van der Waals surface area contributed by atoms with Crippen LogP contribution in [0.3, 0.4) is 0 Å². The zero-order valence-corrected chi connectivity index (χ0v) is 12.3. The molecule has 0 bridgehead atoms. The van der Waals surface area contributed by atoms with Crippen LogP contribution in [0.1, 0.15) is 11.1 Å². The molecule has 2 aromatic rings. The molecule has 0 amide bonds. The SMILES string of the molecule is Cc1cc(Cl)ccc1OCc1ccc(I)cc1. The van der Waals surface area contributed by atoms with Crippen LogP contribution in [0.4, 0.5) is 0 Å². The third kappa shape index (κ3) is 3.61. The van der Waals surface area contributed by atoms with Crippen LogP contribution in [0.5, 0.6) is 5.75 Å². The molecule has 0 fully saturated rings. The van der Waals surface area contributed by atoms with Gasteiger partial charge in [-0.3, -0.25) is 0 Å². The fraction of sp³-hybridized carbons (Fsp3) is 0.143. The monoisotopic (exact) mass is 358 g/mol. The highest BCUT2D eigenvalue weighted by Gasteiger charge is 2.01. The van der Waals surface area contributed by atoms with E-state index in [1.165, 1.54) is 9.13 Å². The number of halogens is 2. The summed E-state index contributed by atoms with van der Waals surface area (Å²) >= 11 is 8.19. The van der Waals surface area contributed by atoms with Crippen molar-refractivity contribution in [3.8, 4) is 5.75 Å². The van der Waals surface area contributed by atoms with Gasteiger partial charge in [-0.25, -0.2) is 0 Å². The zero-order valence-electron chi connectivity index (χ0n) is 9.41. The van der Waals surface area contributed by atoms with Gasteiger partial charge in [-0.15, -0.1) is 0 Å². The van der Waals surface area contributed by atoms with Gasteiger partial charge in [-0.1, -0.05) is 23.7 Å². The van der Waals surface area contributed by atoms with Crippen molar-refractivity contribution in [1.29, 1.82) is 0 Å². The van der Waals surface area contributed by atoms with E-state index in [1.807, 2.05) is 25.1 Å². The quantitative estimate of drug-likeness (QED) is 0.714. The molecular weight excluding hydrogens is 347 g/mol. The minimum absolute atomic E-state index is 0.583. The first-order valence-corrected chi connectivity index (χ1v) is 6.74. The first kappa shape index (κ1) is 12.7. The minimum atomic E-state index is 0.583. The molecule has 0 aliphatic heterocycles. The van der Waals surface area contributed by atoms with Crippen LogP contribution in [0.25, 0.3) is 0 Å². The number of hydrogen-bond acceptors (Lipinski definition) is 1. The standard InChI is InChI=1S/C14H12ClIO/c1-10-8-12(15)4-7-14(10)17-9-11-2-5-13(16)6-3-11/h2-8H,9H2,1H3. The van der Waals surface area contributed by atoms with Crippen LogP contribution >= 0.6 is 34.2 Å². The molecule has 0 atom stereocenters. The van der Waals surface area contributed by atoms with E-state index in [1.54, 1.807) is 0 Å². The van der Waals surface area contributed by atoms with Gasteiger partial charge >= 0.3 is 0 Å². The molecule has 2 aromatic carbocycles. The molecule has 0 N–H and O–H groups in total. The van der Waals surface area contributed by atoms with Gasteiger partial charge in [-0.05, 0) is 71.0 Å². The summed E-state index contributed by atoms with van der Waals surface area (Å²) in [7, 11) is 0. The third-order valence-corrected chi connectivity index (χ3v) is 3.40. The molecule has 0 aliphatic carbocycles. The van der Waals surface area contributed by atoms with E-state index < -0.39 is 0 Å². The van der Waals surface area contributed by atoms with E-state index >= 15 is 0 Å². The highest BCUT2D eigenvalue weighted by atomic mass is 127. The molecule has 17 heavy (non-hydrogen) atoms. The summed E-state index contributed by atoms with van der Waals surface area (Å²) in [4.78, 5) is 0. The Morgan fingerprint density at radius 3 is 2.47 bits per heavy atom. The second kappa shape index (κ2) is 5.74. The Labute approximate surface area is 120 Å². The van der Waals surface area contributed by atoms with Gasteiger partial charge in [0.25, 0.3) is 0 Å². The van der Waals surface area contributed by atoms with Crippen molar-refractivity contribution in [3.05, 3.63) is 62.2 Å². The highest BCUT2D eigenvalue weighted by Crippen LogP contribution is 2.22. The van der Waals surface area contributed by atoms with Crippen molar-refractivity contribution in [2.24, 2.45) is 0 Å². The van der Waals surface area contributed by atoms with Gasteiger partial charge in [0, 0.05) is 8.59 Å².